The van der Waals surface area contributed by atoms with Crippen molar-refractivity contribution in [2.24, 2.45) is 0 Å². The number of aliphatic hydroxyl groups excluding tert-OH is 1. The number of aryl methyl sites for hydroxylation is 2. The summed E-state index contributed by atoms with van der Waals surface area (Å²) in [7, 11) is 0. The second-order valence-electron chi connectivity index (χ2n) is 10.9. The average molecular weight is 654 g/mol. The summed E-state index contributed by atoms with van der Waals surface area (Å²) < 4.78 is 7.02. The lowest BCUT2D eigenvalue weighted by molar-refractivity contribution is -0.0915. The third-order valence-corrected chi connectivity index (χ3v) is 8.11. The maximum Gasteiger partial charge on any atom is 0.330 e. The molecule has 0 spiro atoms. The van der Waals surface area contributed by atoms with Crippen LogP contribution in [0.1, 0.15) is 89.6 Å². The molecule has 1 aliphatic rings. The van der Waals surface area contributed by atoms with E-state index in [1.54, 1.807) is 24.3 Å². The lowest BCUT2D eigenvalue weighted by Gasteiger charge is -2.29. The maximum absolute atomic E-state index is 13.9. The number of aromatic nitrogens is 2. The molecule has 2 heterocycles. The Balaban J connectivity index is 1.70. The van der Waals surface area contributed by atoms with Crippen molar-refractivity contribution in [3.8, 4) is 0 Å². The Bertz CT molecular complexity index is 1580. The van der Waals surface area contributed by atoms with Gasteiger partial charge in [0.15, 0.2) is 17.2 Å². The van der Waals surface area contributed by atoms with Crippen LogP contribution >= 0.6 is 15.9 Å². The Morgan fingerprint density at radius 2 is 1.58 bits per heavy atom. The van der Waals surface area contributed by atoms with E-state index in [0.29, 0.717) is 0 Å². The second-order valence-corrected chi connectivity index (χ2v) is 11.5. The van der Waals surface area contributed by atoms with Crippen molar-refractivity contribution >= 4 is 33.6 Å². The number of rotatable bonds is 13. The SMILES string of the molecule is CCCCc1ccc(C(=O)C(O)[C@H]2O[C@@H](n3cc(/C=C/Br)c(=O)[nH]c3=O)C[C@@]2(O)C(=O)c2ccc(CCCC)cc2)cc1. The van der Waals surface area contributed by atoms with Crippen LogP contribution in [0.15, 0.2) is 69.3 Å². The van der Waals surface area contributed by atoms with Crippen LogP contribution in [0.5, 0.6) is 0 Å². The number of halogens is 1. The van der Waals surface area contributed by atoms with Gasteiger partial charge in [0, 0.05) is 23.7 Å². The van der Waals surface area contributed by atoms with Crippen molar-refractivity contribution < 1.29 is 24.5 Å². The molecule has 1 saturated heterocycles. The quantitative estimate of drug-likeness (QED) is 0.227. The number of Topliss-reactive ketones (excluding diaryl/α,β-unsaturated/α-hetero) is 2. The van der Waals surface area contributed by atoms with Crippen molar-refractivity contribution in [1.29, 1.82) is 0 Å². The predicted octanol–water partition coefficient (Wildman–Crippen LogP) is 4.73. The van der Waals surface area contributed by atoms with Crippen LogP contribution in [0.3, 0.4) is 0 Å². The molecule has 10 heteroatoms. The van der Waals surface area contributed by atoms with Crippen LogP contribution in [-0.2, 0) is 17.6 Å². The number of unbranched alkanes of at least 4 members (excludes halogenated alkanes) is 2. The molecule has 1 unspecified atom stereocenters. The van der Waals surface area contributed by atoms with E-state index in [-0.39, 0.29) is 16.7 Å². The van der Waals surface area contributed by atoms with Crippen LogP contribution in [0.25, 0.3) is 6.08 Å². The van der Waals surface area contributed by atoms with Crippen LogP contribution in [0.4, 0.5) is 0 Å². The van der Waals surface area contributed by atoms with Crippen LogP contribution in [0, 0.1) is 0 Å². The largest absolute Gasteiger partial charge is 0.382 e. The zero-order valence-corrected chi connectivity index (χ0v) is 25.9. The van der Waals surface area contributed by atoms with E-state index >= 15 is 0 Å². The monoisotopic (exact) mass is 652 g/mol. The lowest BCUT2D eigenvalue weighted by Crippen LogP contribution is -2.53. The fourth-order valence-corrected chi connectivity index (χ4v) is 5.60. The van der Waals surface area contributed by atoms with Crippen LogP contribution < -0.4 is 11.2 Å². The number of benzene rings is 2. The molecular weight excluding hydrogens is 616 g/mol. The number of nitrogens with zero attached hydrogens (tertiary/aromatic N) is 1. The molecule has 3 aromatic rings. The maximum atomic E-state index is 13.9. The topological polar surface area (TPSA) is 139 Å². The van der Waals surface area contributed by atoms with E-state index in [2.05, 4.69) is 34.8 Å². The number of carbonyl (C=O) groups excluding carboxylic acids is 2. The van der Waals surface area contributed by atoms with Gasteiger partial charge in [-0.15, -0.1) is 0 Å². The second kappa shape index (κ2) is 14.4. The van der Waals surface area contributed by atoms with Crippen molar-refractivity contribution in [3.05, 3.63) is 108 Å². The number of hydrogen-bond donors (Lipinski definition) is 3. The van der Waals surface area contributed by atoms with E-state index in [1.807, 2.05) is 24.3 Å². The summed E-state index contributed by atoms with van der Waals surface area (Å²) in [5.41, 5.74) is -1.28. The van der Waals surface area contributed by atoms with Crippen LogP contribution in [0.2, 0.25) is 0 Å². The number of aromatic amines is 1. The summed E-state index contributed by atoms with van der Waals surface area (Å²) in [6, 6.07) is 13.6. The first-order valence-corrected chi connectivity index (χ1v) is 15.5. The molecule has 228 valence electrons. The van der Waals surface area contributed by atoms with Gasteiger partial charge in [-0.1, -0.05) is 91.1 Å². The van der Waals surface area contributed by atoms with Gasteiger partial charge in [-0.25, -0.2) is 4.79 Å². The highest BCUT2D eigenvalue weighted by atomic mass is 79.9. The molecule has 0 bridgehead atoms. The molecule has 4 atom stereocenters. The highest BCUT2D eigenvalue weighted by Crippen LogP contribution is 2.41. The number of nitrogens with one attached hydrogen (secondary N) is 1. The van der Waals surface area contributed by atoms with Gasteiger partial charge >= 0.3 is 5.69 Å². The summed E-state index contributed by atoms with van der Waals surface area (Å²) >= 11 is 3.10. The zero-order valence-electron chi connectivity index (χ0n) is 24.3. The smallest absolute Gasteiger partial charge is 0.330 e. The summed E-state index contributed by atoms with van der Waals surface area (Å²) in [6.45, 7) is 4.18. The van der Waals surface area contributed by atoms with Gasteiger partial charge in [-0.3, -0.25) is 23.9 Å². The number of carbonyl (C=O) groups is 2. The van der Waals surface area contributed by atoms with Crippen molar-refractivity contribution in [2.45, 2.75) is 82.8 Å². The van der Waals surface area contributed by atoms with Crippen molar-refractivity contribution in [3.63, 3.8) is 0 Å². The molecular formula is C33H37BrN2O7. The third-order valence-electron chi connectivity index (χ3n) is 7.85. The van der Waals surface area contributed by atoms with E-state index in [0.717, 1.165) is 54.2 Å². The molecule has 3 N–H and O–H groups in total. The van der Waals surface area contributed by atoms with E-state index in [1.165, 1.54) is 17.3 Å². The van der Waals surface area contributed by atoms with Gasteiger partial charge in [-0.05, 0) is 47.9 Å². The fourth-order valence-electron chi connectivity index (χ4n) is 5.31. The van der Waals surface area contributed by atoms with Gasteiger partial charge in [0.25, 0.3) is 5.56 Å². The minimum Gasteiger partial charge on any atom is -0.382 e. The average Bonchev–Trinajstić information content (AvgIpc) is 3.37. The molecule has 0 saturated carbocycles. The normalized spacial score (nSPS) is 20.9. The summed E-state index contributed by atoms with van der Waals surface area (Å²) in [5.74, 6) is -1.48. The molecule has 0 radical (unpaired) electrons. The summed E-state index contributed by atoms with van der Waals surface area (Å²) in [4.78, 5) is 56.0. The fraction of sp³-hybridized carbons (Fsp3) is 0.394. The molecule has 1 aromatic heterocycles. The molecule has 1 aliphatic heterocycles. The minimum absolute atomic E-state index is 0.112. The van der Waals surface area contributed by atoms with E-state index in [4.69, 9.17) is 4.74 Å². The Morgan fingerprint density at radius 3 is 2.12 bits per heavy atom. The van der Waals surface area contributed by atoms with E-state index in [9.17, 15) is 29.4 Å². The lowest BCUT2D eigenvalue weighted by atomic mass is 9.82. The minimum atomic E-state index is -2.37. The Hall–Kier alpha value is -3.44. The molecule has 2 aromatic carbocycles. The number of ketones is 2. The van der Waals surface area contributed by atoms with E-state index < -0.39 is 53.3 Å². The molecule has 43 heavy (non-hydrogen) atoms. The number of ether oxygens (including phenoxy) is 1. The van der Waals surface area contributed by atoms with Gasteiger partial charge < -0.3 is 14.9 Å². The first-order valence-electron chi connectivity index (χ1n) is 14.6. The molecule has 9 nitrogen and oxygen atoms in total. The predicted molar refractivity (Wildman–Crippen MR) is 168 cm³/mol. The Kier molecular flexibility index (Phi) is 10.8. The summed E-state index contributed by atoms with van der Waals surface area (Å²) in [5, 5.41) is 23.3. The number of hydrogen-bond acceptors (Lipinski definition) is 7. The zero-order chi connectivity index (χ0) is 31.1. The van der Waals surface area contributed by atoms with Gasteiger partial charge in [0.2, 0.25) is 0 Å². The first-order chi connectivity index (χ1) is 20.6. The summed E-state index contributed by atoms with van der Waals surface area (Å²) in [6.07, 6.45) is 3.04. The van der Waals surface area contributed by atoms with Gasteiger partial charge in [0.1, 0.15) is 18.4 Å². The van der Waals surface area contributed by atoms with Crippen molar-refractivity contribution in [1.82, 2.24) is 9.55 Å². The molecule has 0 aliphatic carbocycles. The molecule has 1 fully saturated rings. The highest BCUT2D eigenvalue weighted by Gasteiger charge is 2.57. The number of aliphatic hydroxyl groups is 2. The third kappa shape index (κ3) is 7.21. The van der Waals surface area contributed by atoms with Crippen LogP contribution in [-0.4, -0.2) is 49.1 Å². The first kappa shape index (κ1) is 32.5. The molecule has 4 rings (SSSR count). The van der Waals surface area contributed by atoms with Crippen molar-refractivity contribution in [2.75, 3.05) is 0 Å². The highest BCUT2D eigenvalue weighted by molar-refractivity contribution is 9.11. The standard InChI is InChI=1S/C33H37BrN2O7/c1-3-5-7-21-9-13-23(14-10-21)27(37)28(38)30-33(42,29(39)24-15-11-22(12-16-24)8-6-4-2)19-26(43-30)36-20-25(17-18-34)31(40)35-32(36)41/h9-18,20,26,28,30,38,42H,3-8,19H2,1-2H3,(H,35,40,41)/b18-17+/t26-,28?,30-,33-/m1/s1. The Labute approximate surface area is 258 Å². The van der Waals surface area contributed by atoms with Gasteiger partial charge in [0.05, 0.1) is 5.56 Å². The number of H-pyrrole nitrogens is 1. The molecule has 0 amide bonds. The van der Waals surface area contributed by atoms with Gasteiger partial charge in [-0.2, -0.15) is 0 Å². The Morgan fingerprint density at radius 1 is 1.02 bits per heavy atom.